The van der Waals surface area contributed by atoms with Crippen LogP contribution in [-0.2, 0) is 0 Å². The Morgan fingerprint density at radius 2 is 2.29 bits per heavy atom. The molecule has 0 spiro atoms. The quantitative estimate of drug-likeness (QED) is 0.864. The van der Waals surface area contributed by atoms with E-state index in [1.807, 2.05) is 0 Å². The average Bonchev–Trinajstić information content (AvgIpc) is 2.31. The molecule has 0 radical (unpaired) electrons. The van der Waals surface area contributed by atoms with E-state index in [0.717, 1.165) is 6.42 Å². The van der Waals surface area contributed by atoms with E-state index in [1.54, 1.807) is 4.90 Å². The highest BCUT2D eigenvalue weighted by molar-refractivity contribution is 9.10. The Kier molecular flexibility index (Phi) is 3.79. The molecule has 1 atom stereocenters. The van der Waals surface area contributed by atoms with E-state index in [-0.39, 0.29) is 5.91 Å². The summed E-state index contributed by atoms with van der Waals surface area (Å²) in [5.41, 5.74) is 0.305. The van der Waals surface area contributed by atoms with Crippen LogP contribution in [-0.4, -0.2) is 35.1 Å². The number of rotatable bonds is 1. The van der Waals surface area contributed by atoms with Gasteiger partial charge in [0.25, 0.3) is 5.91 Å². The Balaban J connectivity index is 2.21. The molecule has 92 valence electrons. The van der Waals surface area contributed by atoms with Gasteiger partial charge < -0.3 is 10.0 Å². The molecule has 0 aromatic heterocycles. The largest absolute Gasteiger partial charge is 0.391 e. The minimum atomic E-state index is -0.472. The summed E-state index contributed by atoms with van der Waals surface area (Å²) in [4.78, 5) is 13.7. The van der Waals surface area contributed by atoms with Crippen molar-refractivity contribution in [1.29, 1.82) is 0 Å². The summed E-state index contributed by atoms with van der Waals surface area (Å²) in [7, 11) is 0. The third kappa shape index (κ3) is 2.84. The number of nitrogens with zero attached hydrogens (tertiary/aromatic N) is 1. The molecular formula is C12H13BrFNO2. The highest BCUT2D eigenvalue weighted by Gasteiger charge is 2.24. The van der Waals surface area contributed by atoms with Gasteiger partial charge in [0.15, 0.2) is 0 Å². The monoisotopic (exact) mass is 301 g/mol. The SMILES string of the molecule is O=C(c1cc(F)ccc1Br)N1CCCC(O)C1. The predicted octanol–water partition coefficient (Wildman–Crippen LogP) is 2.19. The van der Waals surface area contributed by atoms with Crippen LogP contribution in [0.4, 0.5) is 4.39 Å². The van der Waals surface area contributed by atoms with Crippen molar-refractivity contribution in [2.24, 2.45) is 0 Å². The second-order valence-corrected chi connectivity index (χ2v) is 5.03. The van der Waals surface area contributed by atoms with Gasteiger partial charge >= 0.3 is 0 Å². The smallest absolute Gasteiger partial charge is 0.255 e. The first-order chi connectivity index (χ1) is 8.08. The van der Waals surface area contributed by atoms with Gasteiger partial charge in [-0.2, -0.15) is 0 Å². The number of piperidine rings is 1. The lowest BCUT2D eigenvalue weighted by molar-refractivity contribution is 0.0472. The van der Waals surface area contributed by atoms with Crippen LogP contribution < -0.4 is 0 Å². The van der Waals surface area contributed by atoms with Crippen LogP contribution in [0.25, 0.3) is 0 Å². The highest BCUT2D eigenvalue weighted by atomic mass is 79.9. The van der Waals surface area contributed by atoms with Crippen LogP contribution in [0.2, 0.25) is 0 Å². The topological polar surface area (TPSA) is 40.5 Å². The number of halogens is 2. The van der Waals surface area contributed by atoms with Crippen molar-refractivity contribution in [2.75, 3.05) is 13.1 Å². The standard InChI is InChI=1S/C12H13BrFNO2/c13-11-4-3-8(14)6-10(11)12(17)15-5-1-2-9(16)7-15/h3-4,6,9,16H,1-2,5,7H2. The Morgan fingerprint density at radius 3 is 3.00 bits per heavy atom. The van der Waals surface area contributed by atoms with Crippen LogP contribution in [0.3, 0.4) is 0 Å². The van der Waals surface area contributed by atoms with Crippen molar-refractivity contribution in [1.82, 2.24) is 4.90 Å². The Bertz CT molecular complexity index is 439. The molecule has 1 saturated heterocycles. The third-order valence-corrected chi connectivity index (χ3v) is 3.53. The van der Waals surface area contributed by atoms with E-state index in [9.17, 15) is 14.3 Å². The Morgan fingerprint density at radius 1 is 1.53 bits per heavy atom. The van der Waals surface area contributed by atoms with Gasteiger partial charge in [-0.15, -0.1) is 0 Å². The van der Waals surface area contributed by atoms with Crippen LogP contribution in [0.15, 0.2) is 22.7 Å². The maximum absolute atomic E-state index is 13.1. The molecule has 17 heavy (non-hydrogen) atoms. The number of likely N-dealkylation sites (tertiary alicyclic amines) is 1. The molecule has 1 aliphatic heterocycles. The first-order valence-corrected chi connectivity index (χ1v) is 6.29. The van der Waals surface area contributed by atoms with Gasteiger partial charge in [-0.25, -0.2) is 4.39 Å². The second-order valence-electron chi connectivity index (χ2n) is 4.17. The van der Waals surface area contributed by atoms with Crippen LogP contribution >= 0.6 is 15.9 Å². The fourth-order valence-electron chi connectivity index (χ4n) is 1.97. The molecule has 0 bridgehead atoms. The molecule has 1 aromatic rings. The number of aliphatic hydroxyl groups is 1. The molecule has 2 rings (SSSR count). The van der Waals surface area contributed by atoms with Gasteiger partial charge in [0, 0.05) is 17.6 Å². The molecule has 0 saturated carbocycles. The zero-order valence-electron chi connectivity index (χ0n) is 9.20. The number of β-amino-alcohol motifs (C(OH)–C–C–N with tert-alkyl or cyclic N) is 1. The molecule has 1 N–H and O–H groups in total. The van der Waals surface area contributed by atoms with E-state index < -0.39 is 11.9 Å². The summed E-state index contributed by atoms with van der Waals surface area (Å²) in [6.07, 6.45) is 1.02. The highest BCUT2D eigenvalue weighted by Crippen LogP contribution is 2.21. The average molecular weight is 302 g/mol. The second kappa shape index (κ2) is 5.14. The Hall–Kier alpha value is -0.940. The first-order valence-electron chi connectivity index (χ1n) is 5.50. The predicted molar refractivity (Wildman–Crippen MR) is 65.2 cm³/mol. The molecule has 1 fully saturated rings. The zero-order chi connectivity index (χ0) is 12.4. The van der Waals surface area contributed by atoms with Crippen molar-refractivity contribution in [2.45, 2.75) is 18.9 Å². The summed E-state index contributed by atoms with van der Waals surface area (Å²) in [5, 5.41) is 9.52. The minimum absolute atomic E-state index is 0.241. The van der Waals surface area contributed by atoms with Crippen LogP contribution in [0.1, 0.15) is 23.2 Å². The number of benzene rings is 1. The summed E-state index contributed by atoms with van der Waals surface area (Å²) in [6.45, 7) is 0.931. The van der Waals surface area contributed by atoms with Gasteiger partial charge in [0.1, 0.15) is 5.82 Å². The fourth-order valence-corrected chi connectivity index (χ4v) is 2.39. The zero-order valence-corrected chi connectivity index (χ0v) is 10.8. The lowest BCUT2D eigenvalue weighted by Gasteiger charge is -2.30. The van der Waals surface area contributed by atoms with E-state index in [0.29, 0.717) is 29.5 Å². The maximum atomic E-state index is 13.1. The summed E-state index contributed by atoms with van der Waals surface area (Å²) in [5.74, 6) is -0.677. The minimum Gasteiger partial charge on any atom is -0.391 e. The number of carbonyl (C=O) groups excluding carboxylic acids is 1. The molecule has 0 aliphatic carbocycles. The Labute approximate surface area is 107 Å². The van der Waals surface area contributed by atoms with E-state index in [4.69, 9.17) is 0 Å². The van der Waals surface area contributed by atoms with Gasteiger partial charge in [0.2, 0.25) is 0 Å². The van der Waals surface area contributed by atoms with Crippen molar-refractivity contribution < 1.29 is 14.3 Å². The molecular weight excluding hydrogens is 289 g/mol. The number of hydrogen-bond donors (Lipinski definition) is 1. The molecule has 1 aromatic carbocycles. The van der Waals surface area contributed by atoms with Crippen LogP contribution in [0.5, 0.6) is 0 Å². The van der Waals surface area contributed by atoms with E-state index in [1.165, 1.54) is 18.2 Å². The molecule has 1 amide bonds. The lowest BCUT2D eigenvalue weighted by Crippen LogP contribution is -2.42. The van der Waals surface area contributed by atoms with Gasteiger partial charge in [-0.05, 0) is 47.0 Å². The maximum Gasteiger partial charge on any atom is 0.255 e. The lowest BCUT2D eigenvalue weighted by atomic mass is 10.1. The summed E-state index contributed by atoms with van der Waals surface area (Å²) >= 11 is 3.24. The van der Waals surface area contributed by atoms with E-state index >= 15 is 0 Å². The number of hydrogen-bond acceptors (Lipinski definition) is 2. The van der Waals surface area contributed by atoms with Crippen molar-refractivity contribution >= 4 is 21.8 Å². The molecule has 1 unspecified atom stereocenters. The van der Waals surface area contributed by atoms with Gasteiger partial charge in [0.05, 0.1) is 11.7 Å². The van der Waals surface area contributed by atoms with Gasteiger partial charge in [-0.3, -0.25) is 4.79 Å². The van der Waals surface area contributed by atoms with Crippen molar-refractivity contribution in [3.63, 3.8) is 0 Å². The molecule has 5 heteroatoms. The van der Waals surface area contributed by atoms with E-state index in [2.05, 4.69) is 15.9 Å². The summed E-state index contributed by atoms with van der Waals surface area (Å²) in [6, 6.07) is 4.03. The number of amides is 1. The molecule has 1 aliphatic rings. The van der Waals surface area contributed by atoms with Crippen molar-refractivity contribution in [3.05, 3.63) is 34.1 Å². The summed E-state index contributed by atoms with van der Waals surface area (Å²) < 4.78 is 13.7. The first kappa shape index (κ1) is 12.5. The van der Waals surface area contributed by atoms with Gasteiger partial charge in [-0.1, -0.05) is 0 Å². The molecule has 3 nitrogen and oxygen atoms in total. The number of carbonyl (C=O) groups is 1. The number of aliphatic hydroxyl groups excluding tert-OH is 1. The molecule has 1 heterocycles. The van der Waals surface area contributed by atoms with Crippen LogP contribution in [0, 0.1) is 5.82 Å². The third-order valence-electron chi connectivity index (χ3n) is 2.84. The van der Waals surface area contributed by atoms with Crippen molar-refractivity contribution in [3.8, 4) is 0 Å². The normalized spacial score (nSPS) is 20.4. The fraction of sp³-hybridized carbons (Fsp3) is 0.417.